The van der Waals surface area contributed by atoms with Crippen LogP contribution in [-0.4, -0.2) is 41.3 Å². The molecule has 2 aromatic rings. The highest BCUT2D eigenvalue weighted by atomic mass is 32.1. The molecule has 0 radical (unpaired) electrons. The Morgan fingerprint density at radius 1 is 1.43 bits per heavy atom. The molecule has 0 amide bonds. The van der Waals surface area contributed by atoms with E-state index in [2.05, 4.69) is 32.1 Å². The summed E-state index contributed by atoms with van der Waals surface area (Å²) in [7, 11) is 1.34. The summed E-state index contributed by atoms with van der Waals surface area (Å²) in [5, 5.41) is 11.5. The number of esters is 1. The van der Waals surface area contributed by atoms with Gasteiger partial charge in [-0.1, -0.05) is 6.92 Å². The van der Waals surface area contributed by atoms with E-state index in [-0.39, 0.29) is 5.69 Å². The maximum Gasteiger partial charge on any atom is 0.358 e. The van der Waals surface area contributed by atoms with Crippen LogP contribution in [0.25, 0.3) is 0 Å². The van der Waals surface area contributed by atoms with Gasteiger partial charge in [-0.2, -0.15) is 0 Å². The van der Waals surface area contributed by atoms with Crippen molar-refractivity contribution >= 4 is 23.1 Å². The van der Waals surface area contributed by atoms with Gasteiger partial charge in [0.15, 0.2) is 11.5 Å². The summed E-state index contributed by atoms with van der Waals surface area (Å²) in [5.74, 6) is 0.779. The highest BCUT2D eigenvalue weighted by Crippen LogP contribution is 2.31. The molecular weight excluding hydrogens is 312 g/mol. The van der Waals surface area contributed by atoms with Gasteiger partial charge in [-0.15, -0.1) is 21.5 Å². The van der Waals surface area contributed by atoms with E-state index in [0.717, 1.165) is 38.2 Å². The minimum Gasteiger partial charge on any atom is -0.464 e. The monoisotopic (exact) mass is 332 g/mol. The Labute approximate surface area is 139 Å². The molecule has 3 rings (SSSR count). The zero-order chi connectivity index (χ0) is 16.2. The molecule has 6 nitrogen and oxygen atoms in total. The summed E-state index contributed by atoms with van der Waals surface area (Å²) in [6.45, 7) is 3.97. The second-order valence-electron chi connectivity index (χ2n) is 5.58. The Kier molecular flexibility index (Phi) is 4.85. The predicted molar refractivity (Wildman–Crippen MR) is 89.1 cm³/mol. The molecule has 23 heavy (non-hydrogen) atoms. The molecule has 1 aliphatic heterocycles. The average Bonchev–Trinajstić information content (AvgIpc) is 3.10. The maximum atomic E-state index is 11.4. The van der Waals surface area contributed by atoms with Crippen molar-refractivity contribution in [2.45, 2.75) is 32.1 Å². The first kappa shape index (κ1) is 15.9. The van der Waals surface area contributed by atoms with Crippen LogP contribution in [0.4, 0.5) is 5.82 Å². The van der Waals surface area contributed by atoms with Crippen LogP contribution in [0.1, 0.15) is 46.9 Å². The minimum absolute atomic E-state index is 0.234. The lowest BCUT2D eigenvalue weighted by Gasteiger charge is -2.32. The van der Waals surface area contributed by atoms with Crippen LogP contribution < -0.4 is 4.90 Å². The number of carbonyl (C=O) groups is 1. The summed E-state index contributed by atoms with van der Waals surface area (Å²) in [6.07, 6.45) is 3.24. The predicted octanol–water partition coefficient (Wildman–Crippen LogP) is 2.67. The summed E-state index contributed by atoms with van der Waals surface area (Å²) in [4.78, 5) is 18.4. The smallest absolute Gasteiger partial charge is 0.358 e. The number of aryl methyl sites for hydroxylation is 1. The van der Waals surface area contributed by atoms with E-state index < -0.39 is 5.97 Å². The molecule has 3 heterocycles. The molecule has 0 N–H and O–H groups in total. The summed E-state index contributed by atoms with van der Waals surface area (Å²) >= 11 is 1.75. The number of aromatic nitrogens is 3. The van der Waals surface area contributed by atoms with Crippen molar-refractivity contribution < 1.29 is 9.53 Å². The zero-order valence-electron chi connectivity index (χ0n) is 13.4. The first-order chi connectivity index (χ1) is 11.2. The van der Waals surface area contributed by atoms with E-state index in [1.165, 1.54) is 17.8 Å². The third kappa shape index (κ3) is 3.50. The van der Waals surface area contributed by atoms with E-state index in [1.54, 1.807) is 17.4 Å². The van der Waals surface area contributed by atoms with Crippen molar-refractivity contribution in [2.24, 2.45) is 0 Å². The number of carbonyl (C=O) groups excluding carboxylic acids is 1. The highest BCUT2D eigenvalue weighted by molar-refractivity contribution is 7.09. The molecule has 122 valence electrons. The van der Waals surface area contributed by atoms with Gasteiger partial charge in [-0.25, -0.2) is 9.78 Å². The van der Waals surface area contributed by atoms with Crippen LogP contribution >= 0.6 is 11.3 Å². The molecule has 1 saturated heterocycles. The fraction of sp³-hybridized carbons (Fsp3) is 0.500. The molecular formula is C16H20N4O2S. The van der Waals surface area contributed by atoms with Crippen molar-refractivity contribution in [3.8, 4) is 0 Å². The van der Waals surface area contributed by atoms with Crippen molar-refractivity contribution in [3.05, 3.63) is 33.9 Å². The Morgan fingerprint density at radius 2 is 2.30 bits per heavy atom. The quantitative estimate of drug-likeness (QED) is 0.802. The molecule has 0 bridgehead atoms. The SMILES string of the molecule is CCc1csc(C2CCCN(c3ccc(C(=O)OC)nn3)C2)n1. The van der Waals surface area contributed by atoms with Gasteiger partial charge in [-0.05, 0) is 31.4 Å². The van der Waals surface area contributed by atoms with E-state index in [9.17, 15) is 4.79 Å². The van der Waals surface area contributed by atoms with E-state index in [0.29, 0.717) is 5.92 Å². The van der Waals surface area contributed by atoms with Gasteiger partial charge in [0.05, 0.1) is 17.8 Å². The van der Waals surface area contributed by atoms with Crippen LogP contribution in [0.2, 0.25) is 0 Å². The molecule has 1 fully saturated rings. The zero-order valence-corrected chi connectivity index (χ0v) is 14.2. The minimum atomic E-state index is -0.463. The number of piperidine rings is 1. The standard InChI is InChI=1S/C16H20N4O2S/c1-3-12-10-23-15(17-12)11-5-4-8-20(9-11)14-7-6-13(18-19-14)16(21)22-2/h6-7,10-11H,3-5,8-9H2,1-2H3. The molecule has 2 aromatic heterocycles. The van der Waals surface area contributed by atoms with Gasteiger partial charge in [0.1, 0.15) is 0 Å². The third-order valence-electron chi connectivity index (χ3n) is 4.07. The molecule has 0 saturated carbocycles. The van der Waals surface area contributed by atoms with E-state index in [1.807, 2.05) is 6.07 Å². The molecule has 1 unspecified atom stereocenters. The Morgan fingerprint density at radius 3 is 2.96 bits per heavy atom. The number of nitrogens with zero attached hydrogens (tertiary/aromatic N) is 4. The second-order valence-corrected chi connectivity index (χ2v) is 6.47. The fourth-order valence-electron chi connectivity index (χ4n) is 2.77. The molecule has 1 aliphatic rings. The number of hydrogen-bond donors (Lipinski definition) is 0. The van der Waals surface area contributed by atoms with Gasteiger partial charge in [-0.3, -0.25) is 0 Å². The van der Waals surface area contributed by atoms with Crippen LogP contribution in [-0.2, 0) is 11.2 Å². The third-order valence-corrected chi connectivity index (χ3v) is 5.13. The lowest BCUT2D eigenvalue weighted by Crippen LogP contribution is -2.35. The van der Waals surface area contributed by atoms with Gasteiger partial charge < -0.3 is 9.64 Å². The lowest BCUT2D eigenvalue weighted by atomic mass is 9.99. The Hall–Kier alpha value is -2.02. The topological polar surface area (TPSA) is 68.2 Å². The first-order valence-corrected chi connectivity index (χ1v) is 8.70. The van der Waals surface area contributed by atoms with Crippen LogP contribution in [0.15, 0.2) is 17.5 Å². The second kappa shape index (κ2) is 7.04. The number of ether oxygens (including phenoxy) is 1. The lowest BCUT2D eigenvalue weighted by molar-refractivity contribution is 0.0592. The highest BCUT2D eigenvalue weighted by Gasteiger charge is 2.25. The molecule has 0 spiro atoms. The van der Waals surface area contributed by atoms with Crippen molar-refractivity contribution in [1.82, 2.24) is 15.2 Å². The fourth-order valence-corrected chi connectivity index (χ4v) is 3.80. The molecule has 7 heteroatoms. The molecule has 0 aliphatic carbocycles. The van der Waals surface area contributed by atoms with Crippen molar-refractivity contribution in [2.75, 3.05) is 25.1 Å². The normalized spacial score (nSPS) is 18.0. The van der Waals surface area contributed by atoms with Gasteiger partial charge in [0.25, 0.3) is 0 Å². The Bertz CT molecular complexity index is 671. The largest absolute Gasteiger partial charge is 0.464 e. The maximum absolute atomic E-state index is 11.4. The van der Waals surface area contributed by atoms with Gasteiger partial charge in [0, 0.05) is 24.4 Å². The van der Waals surface area contributed by atoms with E-state index >= 15 is 0 Å². The summed E-state index contributed by atoms with van der Waals surface area (Å²) < 4.78 is 4.65. The van der Waals surface area contributed by atoms with Gasteiger partial charge >= 0.3 is 5.97 Å². The number of rotatable bonds is 4. The van der Waals surface area contributed by atoms with Crippen LogP contribution in [0.5, 0.6) is 0 Å². The van der Waals surface area contributed by atoms with Crippen molar-refractivity contribution in [3.63, 3.8) is 0 Å². The number of anilines is 1. The van der Waals surface area contributed by atoms with Crippen LogP contribution in [0, 0.1) is 0 Å². The molecule has 1 atom stereocenters. The van der Waals surface area contributed by atoms with Gasteiger partial charge in [0.2, 0.25) is 0 Å². The summed E-state index contributed by atoms with van der Waals surface area (Å²) in [6, 6.07) is 3.50. The molecule has 0 aromatic carbocycles. The van der Waals surface area contributed by atoms with Crippen molar-refractivity contribution in [1.29, 1.82) is 0 Å². The number of hydrogen-bond acceptors (Lipinski definition) is 7. The van der Waals surface area contributed by atoms with Crippen LogP contribution in [0.3, 0.4) is 0 Å². The number of methoxy groups -OCH3 is 1. The summed E-state index contributed by atoms with van der Waals surface area (Å²) in [5.41, 5.74) is 1.40. The first-order valence-electron chi connectivity index (χ1n) is 7.82. The van der Waals surface area contributed by atoms with E-state index in [4.69, 9.17) is 4.98 Å². The average molecular weight is 332 g/mol. The number of thiazole rings is 1. The Balaban J connectivity index is 1.71.